The third-order valence-electron chi connectivity index (χ3n) is 2.90. The Bertz CT molecular complexity index is 614. The molecular formula is C12H17N5OS2. The maximum Gasteiger partial charge on any atom is 0.271 e. The lowest BCUT2D eigenvalue weighted by molar-refractivity contribution is 0.103. The first-order valence-corrected chi connectivity index (χ1v) is 7.78. The summed E-state index contributed by atoms with van der Waals surface area (Å²) in [6, 6.07) is 0. The number of anilines is 3. The second-order valence-electron chi connectivity index (χ2n) is 4.34. The smallest absolute Gasteiger partial charge is 0.271 e. The molecule has 0 aromatic carbocycles. The fourth-order valence-corrected chi connectivity index (χ4v) is 3.18. The largest absolute Gasteiger partial charge is 0.382 e. The molecule has 3 N–H and O–H groups in total. The summed E-state index contributed by atoms with van der Waals surface area (Å²) in [4.78, 5) is 24.2. The third kappa shape index (κ3) is 2.91. The molecule has 0 aliphatic carbocycles. The molecule has 0 fully saturated rings. The molecule has 0 radical (unpaired) electrons. The maximum absolute atomic E-state index is 12.2. The normalized spacial score (nSPS) is 10.6. The highest BCUT2D eigenvalue weighted by Crippen LogP contribution is 2.29. The summed E-state index contributed by atoms with van der Waals surface area (Å²) in [5.74, 6) is -0.00250. The molecule has 0 aliphatic heterocycles. The van der Waals surface area contributed by atoms with Crippen LogP contribution in [0.15, 0.2) is 0 Å². The van der Waals surface area contributed by atoms with E-state index in [-0.39, 0.29) is 11.7 Å². The van der Waals surface area contributed by atoms with Gasteiger partial charge in [0, 0.05) is 18.5 Å². The minimum absolute atomic E-state index is 0.257. The van der Waals surface area contributed by atoms with Crippen LogP contribution in [0.4, 0.5) is 16.1 Å². The van der Waals surface area contributed by atoms with Crippen LogP contribution in [0.25, 0.3) is 0 Å². The van der Waals surface area contributed by atoms with Gasteiger partial charge in [-0.2, -0.15) is 0 Å². The molecule has 20 heavy (non-hydrogen) atoms. The van der Waals surface area contributed by atoms with E-state index in [0.29, 0.717) is 10.0 Å². The van der Waals surface area contributed by atoms with Gasteiger partial charge in [0.1, 0.15) is 10.7 Å². The summed E-state index contributed by atoms with van der Waals surface area (Å²) in [7, 11) is 1.91. The van der Waals surface area contributed by atoms with Gasteiger partial charge < -0.3 is 10.6 Å². The molecule has 0 saturated heterocycles. The Balaban J connectivity index is 2.19. The van der Waals surface area contributed by atoms with Crippen molar-refractivity contribution in [3.63, 3.8) is 0 Å². The van der Waals surface area contributed by atoms with Crippen LogP contribution >= 0.6 is 22.7 Å². The van der Waals surface area contributed by atoms with Crippen molar-refractivity contribution in [2.75, 3.05) is 29.5 Å². The van der Waals surface area contributed by atoms with Crippen molar-refractivity contribution in [3.05, 3.63) is 15.4 Å². The van der Waals surface area contributed by atoms with Gasteiger partial charge in [-0.3, -0.25) is 10.1 Å². The third-order valence-corrected chi connectivity index (χ3v) is 5.07. The molecule has 2 rings (SSSR count). The van der Waals surface area contributed by atoms with E-state index in [1.807, 2.05) is 32.7 Å². The Kier molecular flexibility index (Phi) is 4.24. The number of nitrogens with two attached hydrogens (primary N) is 1. The number of nitrogen functional groups attached to an aromatic ring is 1. The quantitative estimate of drug-likeness (QED) is 0.906. The fraction of sp³-hybridized carbons (Fsp3) is 0.417. The number of hydrogen-bond donors (Lipinski definition) is 2. The van der Waals surface area contributed by atoms with E-state index in [4.69, 9.17) is 5.73 Å². The number of hydrogen-bond acceptors (Lipinski definition) is 7. The Morgan fingerprint density at radius 2 is 2.05 bits per heavy atom. The number of thiazole rings is 2. The van der Waals surface area contributed by atoms with Crippen molar-refractivity contribution >= 4 is 44.7 Å². The molecule has 8 heteroatoms. The molecule has 0 saturated carbocycles. The molecular weight excluding hydrogens is 294 g/mol. The monoisotopic (exact) mass is 311 g/mol. The SMILES string of the molecule is CCN(C)c1nc(N)c(C(=O)Nc2nc(C)c(C)s2)s1. The van der Waals surface area contributed by atoms with Gasteiger partial charge in [0.05, 0.1) is 5.69 Å². The standard InChI is InChI=1S/C12H17N5OS2/c1-5-17(4)12-15-9(13)8(20-12)10(18)16-11-14-6(2)7(3)19-11/h5,13H2,1-4H3,(H,14,16,18). The summed E-state index contributed by atoms with van der Waals surface area (Å²) < 4.78 is 0. The fourth-order valence-electron chi connectivity index (χ4n) is 1.46. The number of amides is 1. The van der Waals surface area contributed by atoms with E-state index < -0.39 is 0 Å². The highest BCUT2D eigenvalue weighted by Gasteiger charge is 2.19. The number of aryl methyl sites for hydroxylation is 2. The lowest BCUT2D eigenvalue weighted by Gasteiger charge is -2.10. The molecule has 108 valence electrons. The minimum atomic E-state index is -0.260. The molecule has 2 aromatic heterocycles. The number of aromatic nitrogens is 2. The summed E-state index contributed by atoms with van der Waals surface area (Å²) in [5, 5.41) is 4.10. The van der Waals surface area contributed by atoms with Crippen molar-refractivity contribution < 1.29 is 4.79 Å². The molecule has 6 nitrogen and oxygen atoms in total. The highest BCUT2D eigenvalue weighted by molar-refractivity contribution is 7.18. The first kappa shape index (κ1) is 14.7. The van der Waals surface area contributed by atoms with E-state index in [0.717, 1.165) is 22.2 Å². The second kappa shape index (κ2) is 5.76. The molecule has 2 heterocycles. The van der Waals surface area contributed by atoms with Crippen LogP contribution in [0.2, 0.25) is 0 Å². The molecule has 0 atom stereocenters. The average molecular weight is 311 g/mol. The number of carbonyl (C=O) groups is 1. The van der Waals surface area contributed by atoms with E-state index in [9.17, 15) is 4.79 Å². The van der Waals surface area contributed by atoms with Gasteiger partial charge in [-0.1, -0.05) is 11.3 Å². The van der Waals surface area contributed by atoms with Crippen molar-refractivity contribution in [1.82, 2.24) is 9.97 Å². The molecule has 0 aliphatic rings. The van der Waals surface area contributed by atoms with Crippen molar-refractivity contribution in [2.24, 2.45) is 0 Å². The van der Waals surface area contributed by atoms with Crippen LogP contribution in [0.3, 0.4) is 0 Å². The summed E-state index contributed by atoms with van der Waals surface area (Å²) in [6.07, 6.45) is 0. The van der Waals surface area contributed by atoms with Crippen LogP contribution < -0.4 is 16.0 Å². The second-order valence-corrected chi connectivity index (χ2v) is 6.52. The van der Waals surface area contributed by atoms with Gasteiger partial charge in [0.2, 0.25) is 0 Å². The summed E-state index contributed by atoms with van der Waals surface area (Å²) in [5.41, 5.74) is 6.74. The van der Waals surface area contributed by atoms with E-state index in [1.54, 1.807) is 0 Å². The number of nitrogens with one attached hydrogen (secondary N) is 1. The molecule has 0 spiro atoms. The van der Waals surface area contributed by atoms with Crippen LogP contribution in [-0.2, 0) is 0 Å². The summed E-state index contributed by atoms with van der Waals surface area (Å²) in [6.45, 7) is 6.70. The molecule has 0 unspecified atom stereocenters. The summed E-state index contributed by atoms with van der Waals surface area (Å²) >= 11 is 2.74. The van der Waals surface area contributed by atoms with Crippen molar-refractivity contribution in [2.45, 2.75) is 20.8 Å². The van der Waals surface area contributed by atoms with Gasteiger partial charge in [0.25, 0.3) is 5.91 Å². The number of carbonyl (C=O) groups excluding carboxylic acids is 1. The molecule has 2 aromatic rings. The van der Waals surface area contributed by atoms with E-state index >= 15 is 0 Å². The lowest BCUT2D eigenvalue weighted by Crippen LogP contribution is -2.15. The first-order valence-electron chi connectivity index (χ1n) is 6.15. The molecule has 1 amide bonds. The van der Waals surface area contributed by atoms with Crippen LogP contribution in [-0.4, -0.2) is 29.5 Å². The van der Waals surface area contributed by atoms with Gasteiger partial charge in [-0.05, 0) is 20.8 Å². The van der Waals surface area contributed by atoms with Crippen LogP contribution in [0, 0.1) is 13.8 Å². The van der Waals surface area contributed by atoms with Crippen molar-refractivity contribution in [1.29, 1.82) is 0 Å². The number of nitrogens with zero attached hydrogens (tertiary/aromatic N) is 3. The zero-order valence-corrected chi connectivity index (χ0v) is 13.5. The topological polar surface area (TPSA) is 84.1 Å². The van der Waals surface area contributed by atoms with Gasteiger partial charge in [-0.25, -0.2) is 9.97 Å². The number of rotatable bonds is 4. The predicted molar refractivity (Wildman–Crippen MR) is 85.0 cm³/mol. The zero-order chi connectivity index (χ0) is 14.9. The van der Waals surface area contributed by atoms with Gasteiger partial charge >= 0.3 is 0 Å². The van der Waals surface area contributed by atoms with Crippen LogP contribution in [0.5, 0.6) is 0 Å². The Labute approximate surface area is 125 Å². The van der Waals surface area contributed by atoms with Crippen LogP contribution in [0.1, 0.15) is 27.2 Å². The lowest BCUT2D eigenvalue weighted by atomic mass is 10.4. The minimum Gasteiger partial charge on any atom is -0.382 e. The Morgan fingerprint density at radius 3 is 2.60 bits per heavy atom. The van der Waals surface area contributed by atoms with E-state index in [2.05, 4.69) is 15.3 Å². The van der Waals surface area contributed by atoms with Crippen molar-refractivity contribution in [3.8, 4) is 0 Å². The van der Waals surface area contributed by atoms with Gasteiger partial charge in [0.15, 0.2) is 10.3 Å². The highest BCUT2D eigenvalue weighted by atomic mass is 32.1. The Morgan fingerprint density at radius 1 is 1.35 bits per heavy atom. The first-order chi connectivity index (χ1) is 9.42. The predicted octanol–water partition coefficient (Wildman–Crippen LogP) is 2.51. The van der Waals surface area contributed by atoms with E-state index in [1.165, 1.54) is 22.7 Å². The van der Waals surface area contributed by atoms with Gasteiger partial charge in [-0.15, -0.1) is 11.3 Å². The maximum atomic E-state index is 12.2. The zero-order valence-electron chi connectivity index (χ0n) is 11.9. The molecule has 0 bridgehead atoms. The average Bonchev–Trinajstić information content (AvgIpc) is 2.92. The Hall–Kier alpha value is -1.67.